The molecule has 1 unspecified atom stereocenters. The summed E-state index contributed by atoms with van der Waals surface area (Å²) in [6, 6.07) is 4.61. The van der Waals surface area contributed by atoms with E-state index in [2.05, 4.69) is 19.2 Å². The van der Waals surface area contributed by atoms with Crippen molar-refractivity contribution in [2.24, 2.45) is 5.92 Å². The molecular weight excluding hydrogens is 375 g/mol. The van der Waals surface area contributed by atoms with Gasteiger partial charge in [0, 0.05) is 6.54 Å². The fourth-order valence-electron chi connectivity index (χ4n) is 2.56. The van der Waals surface area contributed by atoms with Gasteiger partial charge in [0.1, 0.15) is 11.8 Å². The number of nitrogens with zero attached hydrogens (tertiary/aromatic N) is 1. The molecule has 0 aromatic heterocycles. The lowest BCUT2D eigenvalue weighted by Crippen LogP contribution is -2.35. The maximum atomic E-state index is 12.2. The highest BCUT2D eigenvalue weighted by molar-refractivity contribution is 6.45. The first-order chi connectivity index (χ1) is 13.7. The Morgan fingerprint density at radius 2 is 1.93 bits per heavy atom. The lowest BCUT2D eigenvalue weighted by atomic mass is 9.85. The summed E-state index contributed by atoms with van der Waals surface area (Å²) in [7, 11) is 3.66. The van der Waals surface area contributed by atoms with Crippen LogP contribution in [-0.2, 0) is 25.6 Å². The summed E-state index contributed by atoms with van der Waals surface area (Å²) in [5.74, 6) is -0.0602. The van der Waals surface area contributed by atoms with Crippen molar-refractivity contribution < 1.29 is 28.8 Å². The van der Waals surface area contributed by atoms with Crippen LogP contribution in [0.4, 0.5) is 5.69 Å². The lowest BCUT2D eigenvalue weighted by Gasteiger charge is -2.24. The lowest BCUT2D eigenvalue weighted by molar-refractivity contribution is -0.148. The molecule has 2 N–H and O–H groups in total. The van der Waals surface area contributed by atoms with Gasteiger partial charge in [0.25, 0.3) is 0 Å². The van der Waals surface area contributed by atoms with Crippen LogP contribution in [-0.4, -0.2) is 62.7 Å². The van der Waals surface area contributed by atoms with Crippen LogP contribution in [0.2, 0.25) is 6.82 Å². The SMILES string of the molecule is COC(=O)CC(Nc1c(CN(C)B(C)O)cccc1OCCC(C)C)C(=O)OC. The molecule has 29 heavy (non-hydrogen) atoms. The quantitative estimate of drug-likeness (QED) is 0.401. The fraction of sp³-hybridized carbons (Fsp3) is 0.600. The average Bonchev–Trinajstić information content (AvgIpc) is 2.67. The number of methoxy groups -OCH3 is 2. The van der Waals surface area contributed by atoms with E-state index in [9.17, 15) is 14.6 Å². The van der Waals surface area contributed by atoms with Crippen molar-refractivity contribution >= 4 is 24.7 Å². The number of hydrogen-bond donors (Lipinski definition) is 2. The summed E-state index contributed by atoms with van der Waals surface area (Å²) in [6.07, 6.45) is 0.690. The van der Waals surface area contributed by atoms with E-state index in [4.69, 9.17) is 14.2 Å². The van der Waals surface area contributed by atoms with Gasteiger partial charge in [-0.05, 0) is 37.8 Å². The Balaban J connectivity index is 3.23. The van der Waals surface area contributed by atoms with E-state index >= 15 is 0 Å². The summed E-state index contributed by atoms with van der Waals surface area (Å²) < 4.78 is 15.5. The van der Waals surface area contributed by atoms with Crippen molar-refractivity contribution in [3.05, 3.63) is 23.8 Å². The minimum absolute atomic E-state index is 0.185. The van der Waals surface area contributed by atoms with Crippen molar-refractivity contribution in [2.45, 2.75) is 46.1 Å². The molecule has 0 saturated heterocycles. The molecule has 0 spiro atoms. The second-order valence-electron chi connectivity index (χ2n) is 7.37. The standard InChI is InChI=1S/C20H33BN2O6/c1-14(2)10-11-29-17-9-7-8-15(13-23(4)21(3)26)19(17)22-16(20(25)28-6)12-18(24)27-5/h7-9,14,16,22,26H,10-13H2,1-6H3. The first kappa shape index (κ1) is 24.8. The average molecular weight is 408 g/mol. The molecule has 0 saturated carbocycles. The molecule has 0 aliphatic heterocycles. The zero-order valence-corrected chi connectivity index (χ0v) is 18.2. The summed E-state index contributed by atoms with van der Waals surface area (Å²) in [4.78, 5) is 25.8. The number of benzene rings is 1. The molecule has 0 amide bonds. The fourth-order valence-corrected chi connectivity index (χ4v) is 2.56. The van der Waals surface area contributed by atoms with Gasteiger partial charge < -0.3 is 29.4 Å². The van der Waals surface area contributed by atoms with Crippen molar-refractivity contribution in [1.29, 1.82) is 0 Å². The number of rotatable bonds is 12. The maximum absolute atomic E-state index is 12.2. The molecule has 0 aliphatic rings. The van der Waals surface area contributed by atoms with E-state index in [1.807, 2.05) is 12.1 Å². The number of nitrogens with one attached hydrogen (secondary N) is 1. The Hall–Kier alpha value is -2.26. The van der Waals surface area contributed by atoms with Gasteiger partial charge in [0.05, 0.1) is 32.9 Å². The molecule has 0 bridgehead atoms. The van der Waals surface area contributed by atoms with Crippen molar-refractivity contribution in [3.63, 3.8) is 0 Å². The first-order valence-corrected chi connectivity index (χ1v) is 9.73. The monoisotopic (exact) mass is 408 g/mol. The van der Waals surface area contributed by atoms with Gasteiger partial charge in [-0.2, -0.15) is 0 Å². The number of para-hydroxylation sites is 1. The topological polar surface area (TPSA) is 97.3 Å². The van der Waals surface area contributed by atoms with Crippen LogP contribution < -0.4 is 10.1 Å². The van der Waals surface area contributed by atoms with E-state index in [0.717, 1.165) is 12.0 Å². The van der Waals surface area contributed by atoms with Gasteiger partial charge in [0.15, 0.2) is 0 Å². The molecule has 0 radical (unpaired) electrons. The van der Waals surface area contributed by atoms with E-state index in [1.165, 1.54) is 14.2 Å². The third-order valence-electron chi connectivity index (χ3n) is 4.53. The Morgan fingerprint density at radius 3 is 2.48 bits per heavy atom. The molecule has 0 fully saturated rings. The maximum Gasteiger partial charge on any atom is 0.376 e. The summed E-state index contributed by atoms with van der Waals surface area (Å²) in [5, 5.41) is 12.9. The van der Waals surface area contributed by atoms with E-state index in [0.29, 0.717) is 30.5 Å². The molecule has 1 aromatic carbocycles. The number of hydrogen-bond acceptors (Lipinski definition) is 8. The van der Waals surface area contributed by atoms with Gasteiger partial charge in [-0.15, -0.1) is 0 Å². The highest BCUT2D eigenvalue weighted by atomic mass is 16.5. The van der Waals surface area contributed by atoms with Crippen LogP contribution in [0, 0.1) is 5.92 Å². The van der Waals surface area contributed by atoms with Gasteiger partial charge in [0.2, 0.25) is 0 Å². The molecule has 0 aliphatic carbocycles. The highest BCUT2D eigenvalue weighted by Gasteiger charge is 2.26. The minimum atomic E-state index is -0.932. The largest absolute Gasteiger partial charge is 0.491 e. The molecular formula is C20H33BN2O6. The zero-order valence-electron chi connectivity index (χ0n) is 18.2. The predicted molar refractivity (Wildman–Crippen MR) is 113 cm³/mol. The highest BCUT2D eigenvalue weighted by Crippen LogP contribution is 2.31. The smallest absolute Gasteiger partial charge is 0.376 e. The van der Waals surface area contributed by atoms with E-state index in [1.54, 1.807) is 24.7 Å². The molecule has 1 rings (SSSR count). The van der Waals surface area contributed by atoms with Crippen molar-refractivity contribution in [1.82, 2.24) is 4.81 Å². The number of anilines is 1. The van der Waals surface area contributed by atoms with E-state index in [-0.39, 0.29) is 6.42 Å². The van der Waals surface area contributed by atoms with Gasteiger partial charge in [-0.3, -0.25) is 4.79 Å². The Kier molecular flexibility index (Phi) is 10.5. The third-order valence-corrected chi connectivity index (χ3v) is 4.53. The number of carbonyl (C=O) groups is 2. The molecule has 0 heterocycles. The number of ether oxygens (including phenoxy) is 3. The predicted octanol–water partition coefficient (Wildman–Crippen LogP) is 2.17. The summed E-state index contributed by atoms with van der Waals surface area (Å²) in [6.45, 7) is 6.82. The molecule has 8 nitrogen and oxygen atoms in total. The molecule has 9 heteroatoms. The summed E-state index contributed by atoms with van der Waals surface area (Å²) in [5.41, 5.74) is 1.40. The van der Waals surface area contributed by atoms with Crippen molar-refractivity contribution in [2.75, 3.05) is 33.2 Å². The van der Waals surface area contributed by atoms with Crippen LogP contribution in [0.15, 0.2) is 18.2 Å². The third kappa shape index (κ3) is 8.33. The van der Waals surface area contributed by atoms with Crippen LogP contribution in [0.25, 0.3) is 0 Å². The van der Waals surface area contributed by atoms with E-state index < -0.39 is 25.0 Å². The van der Waals surface area contributed by atoms with Crippen LogP contribution in [0.1, 0.15) is 32.3 Å². The Morgan fingerprint density at radius 1 is 1.24 bits per heavy atom. The first-order valence-electron chi connectivity index (χ1n) is 9.73. The van der Waals surface area contributed by atoms with Gasteiger partial charge in [-0.25, -0.2) is 4.79 Å². The molecule has 1 aromatic rings. The van der Waals surface area contributed by atoms with Gasteiger partial charge in [-0.1, -0.05) is 26.0 Å². The van der Waals surface area contributed by atoms with Crippen LogP contribution >= 0.6 is 0 Å². The number of esters is 2. The second-order valence-corrected chi connectivity index (χ2v) is 7.37. The Bertz CT molecular complexity index is 668. The zero-order chi connectivity index (χ0) is 22.0. The normalized spacial score (nSPS) is 11.9. The Labute approximate surface area is 173 Å². The number of carbonyl (C=O) groups excluding carboxylic acids is 2. The van der Waals surface area contributed by atoms with Gasteiger partial charge >= 0.3 is 19.0 Å². The molecule has 1 atom stereocenters. The van der Waals surface area contributed by atoms with Crippen LogP contribution in [0.5, 0.6) is 5.75 Å². The van der Waals surface area contributed by atoms with Crippen molar-refractivity contribution in [3.8, 4) is 5.75 Å². The minimum Gasteiger partial charge on any atom is -0.491 e. The second kappa shape index (κ2) is 12.3. The molecule has 162 valence electrons. The summed E-state index contributed by atoms with van der Waals surface area (Å²) >= 11 is 0. The van der Waals surface area contributed by atoms with Crippen LogP contribution in [0.3, 0.4) is 0 Å².